The summed E-state index contributed by atoms with van der Waals surface area (Å²) in [5.41, 5.74) is 1.29. The zero-order valence-corrected chi connectivity index (χ0v) is 14.8. The van der Waals surface area contributed by atoms with Gasteiger partial charge in [0.25, 0.3) is 0 Å². The highest BCUT2D eigenvalue weighted by molar-refractivity contribution is 6.69. The minimum Gasteiger partial charge on any atom is -0.497 e. The van der Waals surface area contributed by atoms with Crippen LogP contribution in [0.1, 0.15) is 0 Å². The van der Waals surface area contributed by atoms with Gasteiger partial charge in [0.1, 0.15) is 5.75 Å². The molecule has 0 atom stereocenters. The van der Waals surface area contributed by atoms with Crippen LogP contribution in [0.15, 0.2) is 24.3 Å². The van der Waals surface area contributed by atoms with E-state index in [-0.39, 0.29) is 0 Å². The molecule has 0 bridgehead atoms. The summed E-state index contributed by atoms with van der Waals surface area (Å²) in [4.78, 5) is 4.94. The molecule has 0 N–H and O–H groups in total. The van der Waals surface area contributed by atoms with Gasteiger partial charge in [-0.1, -0.05) is 0 Å². The second-order valence-electron chi connectivity index (χ2n) is 6.49. The smallest absolute Gasteiger partial charge is 0.183 e. The Balaban J connectivity index is 1.74. The molecule has 1 saturated heterocycles. The van der Waals surface area contributed by atoms with E-state index in [1.165, 1.54) is 5.69 Å². The molecule has 0 spiro atoms. The van der Waals surface area contributed by atoms with Crippen molar-refractivity contribution in [1.82, 2.24) is 4.90 Å². The SMILES string of the molecule is COc1ccc(N2CCN(CCO[Si](C)(C)C)CC2)cc1. The maximum Gasteiger partial charge on any atom is 0.183 e. The quantitative estimate of drug-likeness (QED) is 0.754. The number of piperazine rings is 1. The van der Waals surface area contributed by atoms with E-state index in [1.54, 1.807) is 7.11 Å². The molecule has 1 heterocycles. The van der Waals surface area contributed by atoms with Gasteiger partial charge in [-0.25, -0.2) is 0 Å². The van der Waals surface area contributed by atoms with Crippen LogP contribution in [0.2, 0.25) is 19.6 Å². The number of anilines is 1. The molecular weight excluding hydrogens is 280 g/mol. The van der Waals surface area contributed by atoms with Crippen molar-refractivity contribution in [2.75, 3.05) is 51.3 Å². The van der Waals surface area contributed by atoms with Gasteiger partial charge in [-0.2, -0.15) is 0 Å². The molecule has 0 saturated carbocycles. The van der Waals surface area contributed by atoms with Crippen LogP contribution in [0.5, 0.6) is 5.75 Å². The Hall–Kier alpha value is -1.04. The molecule has 21 heavy (non-hydrogen) atoms. The van der Waals surface area contributed by atoms with E-state index in [2.05, 4.69) is 41.6 Å². The lowest BCUT2D eigenvalue weighted by Crippen LogP contribution is -2.47. The van der Waals surface area contributed by atoms with Crippen LogP contribution in [0.25, 0.3) is 0 Å². The third-order valence-corrected chi connectivity index (χ3v) is 4.82. The molecule has 1 aliphatic rings. The van der Waals surface area contributed by atoms with E-state index in [9.17, 15) is 0 Å². The predicted octanol–water partition coefficient (Wildman–Crippen LogP) is 2.67. The van der Waals surface area contributed by atoms with Crippen LogP contribution in [0, 0.1) is 0 Å². The number of hydrogen-bond acceptors (Lipinski definition) is 4. The Morgan fingerprint density at radius 1 is 1.00 bits per heavy atom. The highest BCUT2D eigenvalue weighted by Crippen LogP contribution is 2.20. The number of nitrogens with zero attached hydrogens (tertiary/aromatic N) is 2. The lowest BCUT2D eigenvalue weighted by molar-refractivity contribution is 0.197. The van der Waals surface area contributed by atoms with Gasteiger partial charge >= 0.3 is 0 Å². The van der Waals surface area contributed by atoms with Crippen LogP contribution >= 0.6 is 0 Å². The Bertz CT molecular complexity index is 423. The Kier molecular flexibility index (Phi) is 5.67. The number of hydrogen-bond donors (Lipinski definition) is 0. The number of rotatable bonds is 6. The summed E-state index contributed by atoms with van der Waals surface area (Å²) in [7, 11) is 0.339. The molecule has 1 aromatic carbocycles. The van der Waals surface area contributed by atoms with Gasteiger partial charge in [0.2, 0.25) is 0 Å². The van der Waals surface area contributed by atoms with Crippen LogP contribution in [0.3, 0.4) is 0 Å². The molecule has 0 aromatic heterocycles. The maximum absolute atomic E-state index is 5.94. The third-order valence-electron chi connectivity index (χ3n) is 3.75. The van der Waals surface area contributed by atoms with Gasteiger partial charge in [-0.3, -0.25) is 4.90 Å². The summed E-state index contributed by atoms with van der Waals surface area (Å²) in [6.45, 7) is 13.1. The van der Waals surface area contributed by atoms with Gasteiger partial charge in [0.15, 0.2) is 8.32 Å². The zero-order chi connectivity index (χ0) is 15.3. The lowest BCUT2D eigenvalue weighted by atomic mass is 10.2. The molecule has 0 aliphatic carbocycles. The van der Waals surface area contributed by atoms with Crippen molar-refractivity contribution in [3.63, 3.8) is 0 Å². The molecular formula is C16H28N2O2Si. The molecule has 2 rings (SSSR count). The molecule has 1 fully saturated rings. The summed E-state index contributed by atoms with van der Waals surface area (Å²) in [5.74, 6) is 0.917. The van der Waals surface area contributed by atoms with E-state index in [1.807, 2.05) is 12.1 Å². The van der Waals surface area contributed by atoms with E-state index in [4.69, 9.17) is 9.16 Å². The highest BCUT2D eigenvalue weighted by atomic mass is 28.4. The lowest BCUT2D eigenvalue weighted by Gasteiger charge is -2.36. The summed E-state index contributed by atoms with van der Waals surface area (Å²) in [5, 5.41) is 0. The molecule has 1 aromatic rings. The Labute approximate surface area is 129 Å². The van der Waals surface area contributed by atoms with Crippen molar-refractivity contribution >= 4 is 14.0 Å². The summed E-state index contributed by atoms with van der Waals surface area (Å²) in [6, 6.07) is 8.35. The number of benzene rings is 1. The van der Waals surface area contributed by atoms with Crippen molar-refractivity contribution in [3.8, 4) is 5.75 Å². The highest BCUT2D eigenvalue weighted by Gasteiger charge is 2.18. The first kappa shape index (κ1) is 16.3. The van der Waals surface area contributed by atoms with Crippen molar-refractivity contribution in [2.45, 2.75) is 19.6 Å². The largest absolute Gasteiger partial charge is 0.497 e. The molecule has 0 amide bonds. The third kappa shape index (κ3) is 5.34. The van der Waals surface area contributed by atoms with E-state index in [0.717, 1.165) is 45.1 Å². The van der Waals surface area contributed by atoms with Crippen LogP contribution in [0.4, 0.5) is 5.69 Å². The monoisotopic (exact) mass is 308 g/mol. The van der Waals surface area contributed by atoms with Gasteiger partial charge in [-0.15, -0.1) is 0 Å². The average Bonchev–Trinajstić information content (AvgIpc) is 2.47. The molecule has 0 radical (unpaired) electrons. The Morgan fingerprint density at radius 3 is 2.14 bits per heavy atom. The predicted molar refractivity (Wildman–Crippen MR) is 90.9 cm³/mol. The average molecular weight is 308 g/mol. The fourth-order valence-electron chi connectivity index (χ4n) is 2.50. The van der Waals surface area contributed by atoms with Crippen molar-refractivity contribution in [1.29, 1.82) is 0 Å². The van der Waals surface area contributed by atoms with Gasteiger partial charge < -0.3 is 14.1 Å². The summed E-state index contributed by atoms with van der Waals surface area (Å²) < 4.78 is 11.1. The van der Waals surface area contributed by atoms with Gasteiger partial charge in [0, 0.05) is 45.0 Å². The van der Waals surface area contributed by atoms with Gasteiger partial charge in [-0.05, 0) is 43.9 Å². The second-order valence-corrected chi connectivity index (χ2v) is 11.0. The van der Waals surface area contributed by atoms with Crippen molar-refractivity contribution in [2.24, 2.45) is 0 Å². The van der Waals surface area contributed by atoms with Crippen molar-refractivity contribution < 1.29 is 9.16 Å². The first-order valence-electron chi connectivity index (χ1n) is 7.73. The second kappa shape index (κ2) is 7.29. The van der Waals surface area contributed by atoms with Gasteiger partial charge in [0.05, 0.1) is 7.11 Å². The fraction of sp³-hybridized carbons (Fsp3) is 0.625. The molecule has 118 valence electrons. The molecule has 1 aliphatic heterocycles. The van der Waals surface area contributed by atoms with Crippen LogP contribution in [-0.2, 0) is 4.43 Å². The van der Waals surface area contributed by atoms with Crippen LogP contribution < -0.4 is 9.64 Å². The summed E-state index contributed by atoms with van der Waals surface area (Å²) in [6.07, 6.45) is 0. The minimum absolute atomic E-state index is 0.873. The van der Waals surface area contributed by atoms with E-state index in [0.29, 0.717) is 0 Å². The Morgan fingerprint density at radius 2 is 1.62 bits per heavy atom. The van der Waals surface area contributed by atoms with Crippen molar-refractivity contribution in [3.05, 3.63) is 24.3 Å². The zero-order valence-electron chi connectivity index (χ0n) is 13.8. The molecule has 5 heteroatoms. The van der Waals surface area contributed by atoms with E-state index >= 15 is 0 Å². The first-order chi connectivity index (χ1) is 9.98. The summed E-state index contributed by atoms with van der Waals surface area (Å²) >= 11 is 0. The van der Waals surface area contributed by atoms with Crippen LogP contribution in [-0.4, -0.2) is 59.7 Å². The minimum atomic E-state index is -1.37. The topological polar surface area (TPSA) is 24.9 Å². The standard InChI is InChI=1S/C16H28N2O2Si/c1-19-16-7-5-15(6-8-16)18-11-9-17(10-12-18)13-14-20-21(2,3)4/h5-8H,9-14H2,1-4H3. The molecule has 0 unspecified atom stereocenters. The fourth-order valence-corrected chi connectivity index (χ4v) is 3.21. The van der Waals surface area contributed by atoms with E-state index < -0.39 is 8.32 Å². The molecule has 4 nitrogen and oxygen atoms in total. The normalized spacial score (nSPS) is 17.0. The number of ether oxygens (including phenoxy) is 1. The maximum atomic E-state index is 5.94. The first-order valence-corrected chi connectivity index (χ1v) is 11.1. The number of methoxy groups -OCH3 is 1.